The number of thiophene rings is 2. The third-order valence-corrected chi connectivity index (χ3v) is 6.28. The van der Waals surface area contributed by atoms with Gasteiger partial charge in [-0.05, 0) is 40.2 Å². The molecular weight excluding hydrogens is 372 g/mol. The molecule has 19 heavy (non-hydrogen) atoms. The second kappa shape index (κ2) is 5.71. The number of sulfonamides is 1. The van der Waals surface area contributed by atoms with Crippen LogP contribution in [0.5, 0.6) is 0 Å². The van der Waals surface area contributed by atoms with E-state index in [2.05, 4.69) is 21.2 Å². The van der Waals surface area contributed by atoms with Crippen LogP contribution >= 0.6 is 38.6 Å². The highest BCUT2D eigenvalue weighted by atomic mass is 79.9. The van der Waals surface area contributed by atoms with Crippen LogP contribution in [0.25, 0.3) is 0 Å². The molecule has 0 aromatic carbocycles. The first-order valence-corrected chi connectivity index (χ1v) is 8.98. The Hall–Kier alpha value is -0.740. The summed E-state index contributed by atoms with van der Waals surface area (Å²) in [4.78, 5) is 13.1. The minimum Gasteiger partial charge on any atom is -0.346 e. The second-order valence-corrected chi connectivity index (χ2v) is 8.97. The first-order chi connectivity index (χ1) is 8.86. The summed E-state index contributed by atoms with van der Waals surface area (Å²) < 4.78 is 23.2. The van der Waals surface area contributed by atoms with Crippen molar-refractivity contribution < 1.29 is 13.2 Å². The molecule has 2 aromatic rings. The molecule has 2 heterocycles. The molecule has 3 N–H and O–H groups in total. The van der Waals surface area contributed by atoms with Crippen molar-refractivity contribution in [3.8, 4) is 0 Å². The topological polar surface area (TPSA) is 89.3 Å². The van der Waals surface area contributed by atoms with E-state index in [9.17, 15) is 13.2 Å². The van der Waals surface area contributed by atoms with E-state index < -0.39 is 10.0 Å². The summed E-state index contributed by atoms with van der Waals surface area (Å²) in [6.07, 6.45) is 0. The third-order valence-electron chi connectivity index (χ3n) is 2.14. The smallest absolute Gasteiger partial charge is 0.261 e. The molecule has 5 nitrogen and oxygen atoms in total. The van der Waals surface area contributed by atoms with Gasteiger partial charge in [-0.25, -0.2) is 13.6 Å². The van der Waals surface area contributed by atoms with Crippen molar-refractivity contribution in [3.05, 3.63) is 37.8 Å². The van der Waals surface area contributed by atoms with Crippen LogP contribution in [0.4, 0.5) is 0 Å². The monoisotopic (exact) mass is 380 g/mol. The molecular formula is C10H9BrN2O3S3. The van der Waals surface area contributed by atoms with E-state index in [0.29, 0.717) is 4.88 Å². The van der Waals surface area contributed by atoms with E-state index in [1.807, 2.05) is 0 Å². The summed E-state index contributed by atoms with van der Waals surface area (Å²) in [5, 5.41) is 7.73. The van der Waals surface area contributed by atoms with E-state index in [4.69, 9.17) is 5.14 Å². The second-order valence-electron chi connectivity index (χ2n) is 3.55. The summed E-state index contributed by atoms with van der Waals surface area (Å²) in [7, 11) is -3.67. The van der Waals surface area contributed by atoms with E-state index in [1.165, 1.54) is 17.4 Å². The molecule has 0 saturated heterocycles. The predicted octanol–water partition coefficient (Wildman–Crippen LogP) is 2.15. The Morgan fingerprint density at radius 2 is 2.00 bits per heavy atom. The van der Waals surface area contributed by atoms with Crippen molar-refractivity contribution in [3.63, 3.8) is 0 Å². The fourth-order valence-corrected chi connectivity index (χ4v) is 4.32. The number of nitrogens with one attached hydrogen (secondary N) is 1. The van der Waals surface area contributed by atoms with Gasteiger partial charge >= 0.3 is 0 Å². The van der Waals surface area contributed by atoms with Crippen molar-refractivity contribution in [1.29, 1.82) is 0 Å². The molecule has 2 aromatic heterocycles. The predicted molar refractivity (Wildman–Crippen MR) is 78.9 cm³/mol. The number of hydrogen-bond acceptors (Lipinski definition) is 5. The molecule has 0 saturated carbocycles. The van der Waals surface area contributed by atoms with Crippen LogP contribution in [0, 0.1) is 0 Å². The van der Waals surface area contributed by atoms with Gasteiger partial charge in [0.2, 0.25) is 10.0 Å². The van der Waals surface area contributed by atoms with E-state index in [-0.39, 0.29) is 16.7 Å². The number of halogens is 1. The molecule has 102 valence electrons. The molecule has 0 unspecified atom stereocenters. The molecule has 0 atom stereocenters. The quantitative estimate of drug-likeness (QED) is 0.851. The van der Waals surface area contributed by atoms with Gasteiger partial charge in [-0.15, -0.1) is 22.7 Å². The van der Waals surface area contributed by atoms with Crippen molar-refractivity contribution in [1.82, 2.24) is 5.32 Å². The zero-order valence-electron chi connectivity index (χ0n) is 9.42. The number of carbonyl (C=O) groups is 1. The molecule has 0 bridgehead atoms. The van der Waals surface area contributed by atoms with Gasteiger partial charge in [-0.1, -0.05) is 0 Å². The Morgan fingerprint density at radius 1 is 1.26 bits per heavy atom. The summed E-state index contributed by atoms with van der Waals surface area (Å²) in [6.45, 7) is 0.272. The number of amides is 1. The molecule has 9 heteroatoms. The largest absolute Gasteiger partial charge is 0.346 e. The van der Waals surface area contributed by atoms with Crippen LogP contribution in [-0.4, -0.2) is 14.3 Å². The number of nitrogens with two attached hydrogens (primary N) is 1. The molecule has 0 radical (unpaired) electrons. The van der Waals surface area contributed by atoms with Crippen LogP contribution in [0.2, 0.25) is 0 Å². The molecule has 2 rings (SSSR count). The number of primary sulfonamides is 1. The summed E-state index contributed by atoms with van der Waals surface area (Å²) in [6, 6.07) is 6.58. The van der Waals surface area contributed by atoms with Gasteiger partial charge in [-0.2, -0.15) is 0 Å². The van der Waals surface area contributed by atoms with Crippen LogP contribution < -0.4 is 10.5 Å². The van der Waals surface area contributed by atoms with Crippen molar-refractivity contribution in [2.24, 2.45) is 5.14 Å². The highest BCUT2D eigenvalue weighted by molar-refractivity contribution is 9.11. The van der Waals surface area contributed by atoms with Crippen LogP contribution in [0.3, 0.4) is 0 Å². The first-order valence-electron chi connectivity index (χ1n) is 5.01. The first kappa shape index (κ1) is 14.7. The van der Waals surface area contributed by atoms with Gasteiger partial charge in [-0.3, -0.25) is 4.79 Å². The maximum atomic E-state index is 11.8. The van der Waals surface area contributed by atoms with Gasteiger partial charge in [0.15, 0.2) is 0 Å². The molecule has 0 aliphatic heterocycles. The lowest BCUT2D eigenvalue weighted by Gasteiger charge is -2.00. The Balaban J connectivity index is 1.99. The highest BCUT2D eigenvalue weighted by Crippen LogP contribution is 2.23. The average molecular weight is 381 g/mol. The Morgan fingerprint density at radius 3 is 2.53 bits per heavy atom. The zero-order chi connectivity index (χ0) is 14.0. The van der Waals surface area contributed by atoms with Crippen molar-refractivity contribution in [2.45, 2.75) is 10.8 Å². The van der Waals surface area contributed by atoms with Gasteiger partial charge < -0.3 is 5.32 Å². The highest BCUT2D eigenvalue weighted by Gasteiger charge is 2.12. The van der Waals surface area contributed by atoms with Crippen molar-refractivity contribution in [2.75, 3.05) is 0 Å². The van der Waals surface area contributed by atoms with Crippen LogP contribution in [-0.2, 0) is 16.6 Å². The van der Waals surface area contributed by atoms with Gasteiger partial charge in [0.25, 0.3) is 5.91 Å². The summed E-state index contributed by atoms with van der Waals surface area (Å²) >= 11 is 5.66. The Kier molecular flexibility index (Phi) is 4.41. The van der Waals surface area contributed by atoms with Crippen LogP contribution in [0.15, 0.2) is 32.3 Å². The number of carbonyl (C=O) groups excluding carboxylic acids is 1. The van der Waals surface area contributed by atoms with Gasteiger partial charge in [0, 0.05) is 4.88 Å². The zero-order valence-corrected chi connectivity index (χ0v) is 13.5. The molecule has 0 spiro atoms. The summed E-state index contributed by atoms with van der Waals surface area (Å²) in [5.74, 6) is -0.193. The van der Waals surface area contributed by atoms with Crippen molar-refractivity contribution >= 4 is 54.5 Å². The average Bonchev–Trinajstić information content (AvgIpc) is 2.93. The Bertz CT molecular complexity index is 705. The third kappa shape index (κ3) is 3.86. The SMILES string of the molecule is NS(=O)(=O)c1ccc(CNC(=O)c2ccc(Br)s2)s1. The maximum absolute atomic E-state index is 11.8. The van der Waals surface area contributed by atoms with Gasteiger partial charge in [0.1, 0.15) is 4.21 Å². The fourth-order valence-electron chi connectivity index (χ4n) is 1.30. The number of rotatable bonds is 4. The normalized spacial score (nSPS) is 11.5. The minimum atomic E-state index is -3.67. The maximum Gasteiger partial charge on any atom is 0.261 e. The number of hydrogen-bond donors (Lipinski definition) is 2. The molecule has 0 aliphatic carbocycles. The summed E-state index contributed by atoms with van der Waals surface area (Å²) in [5.41, 5.74) is 0. The molecule has 1 amide bonds. The molecule has 0 fully saturated rings. The lowest BCUT2D eigenvalue weighted by Crippen LogP contribution is -2.21. The lowest BCUT2D eigenvalue weighted by molar-refractivity contribution is 0.0955. The molecule has 0 aliphatic rings. The Labute approximate surface area is 126 Å². The lowest BCUT2D eigenvalue weighted by atomic mass is 10.4. The fraction of sp³-hybridized carbons (Fsp3) is 0.100. The van der Waals surface area contributed by atoms with Crippen LogP contribution in [0.1, 0.15) is 14.5 Å². The van der Waals surface area contributed by atoms with E-state index in [1.54, 1.807) is 18.2 Å². The standard InChI is InChI=1S/C10H9BrN2O3S3/c11-8-3-2-7(18-8)10(14)13-5-6-1-4-9(17-6)19(12,15)16/h1-4H,5H2,(H,13,14)(H2,12,15,16). The minimum absolute atomic E-state index is 0.0932. The van der Waals surface area contributed by atoms with E-state index in [0.717, 1.165) is 20.0 Å². The van der Waals surface area contributed by atoms with Gasteiger partial charge in [0.05, 0.1) is 15.2 Å². The van der Waals surface area contributed by atoms with E-state index >= 15 is 0 Å².